The van der Waals surface area contributed by atoms with Crippen LogP contribution in [0.25, 0.3) is 0 Å². The van der Waals surface area contributed by atoms with Crippen LogP contribution < -0.4 is 0 Å². The van der Waals surface area contributed by atoms with Crippen LogP contribution in [0.3, 0.4) is 0 Å². The first kappa shape index (κ1) is 15.2. The summed E-state index contributed by atoms with van der Waals surface area (Å²) in [4.78, 5) is 10.9. The van der Waals surface area contributed by atoms with Crippen molar-refractivity contribution < 1.29 is 9.53 Å². The number of ether oxygens (including phenoxy) is 1. The van der Waals surface area contributed by atoms with Crippen molar-refractivity contribution in [2.24, 2.45) is 0 Å². The summed E-state index contributed by atoms with van der Waals surface area (Å²) in [5, 5.41) is 0. The third-order valence-electron chi connectivity index (χ3n) is 1.50. The van der Waals surface area contributed by atoms with Gasteiger partial charge in [0.2, 0.25) is 0 Å². The normalized spacial score (nSPS) is 8.83. The van der Waals surface area contributed by atoms with Crippen molar-refractivity contribution >= 4 is 43.7 Å². The third-order valence-corrected chi connectivity index (χ3v) is 1.50. The second kappa shape index (κ2) is 11.7. The van der Waals surface area contributed by atoms with Gasteiger partial charge in [-0.3, -0.25) is 4.79 Å². The zero-order valence-corrected chi connectivity index (χ0v) is 7.56. The summed E-state index contributed by atoms with van der Waals surface area (Å²) in [6.45, 7) is 4.75. The molecule has 12 heavy (non-hydrogen) atoms. The summed E-state index contributed by atoms with van der Waals surface area (Å²) >= 11 is 0. The van der Waals surface area contributed by atoms with Gasteiger partial charge in [-0.15, -0.1) is 0 Å². The van der Waals surface area contributed by atoms with Crippen LogP contribution in [0.2, 0.25) is 0 Å². The van der Waals surface area contributed by atoms with Crippen molar-refractivity contribution in [1.82, 2.24) is 0 Å². The molecule has 0 saturated carbocycles. The van der Waals surface area contributed by atoms with E-state index in [-0.39, 0.29) is 43.7 Å². The van der Waals surface area contributed by atoms with Gasteiger partial charge < -0.3 is 4.74 Å². The van der Waals surface area contributed by atoms with E-state index >= 15 is 0 Å². The van der Waals surface area contributed by atoms with Crippen LogP contribution in [-0.4, -0.2) is 50.3 Å². The molecule has 0 aromatic heterocycles. The van der Waals surface area contributed by atoms with Crippen molar-refractivity contribution in [2.45, 2.75) is 46.0 Å². The van der Waals surface area contributed by atoms with Crippen LogP contribution in [-0.2, 0) is 9.53 Å². The Morgan fingerprint density at radius 3 is 2.25 bits per heavy atom. The SMILES string of the molecule is CCCCOC(=O)CCCC.[CaH2]. The van der Waals surface area contributed by atoms with E-state index in [9.17, 15) is 4.79 Å². The molecule has 0 N–H and O–H groups in total. The van der Waals surface area contributed by atoms with Gasteiger partial charge in [-0.05, 0) is 12.8 Å². The van der Waals surface area contributed by atoms with Crippen LogP contribution in [0.5, 0.6) is 0 Å². The van der Waals surface area contributed by atoms with Gasteiger partial charge >= 0.3 is 43.7 Å². The molecule has 0 aliphatic rings. The van der Waals surface area contributed by atoms with E-state index in [1.165, 1.54) is 0 Å². The van der Waals surface area contributed by atoms with E-state index in [2.05, 4.69) is 13.8 Å². The zero-order chi connectivity index (χ0) is 8.53. The second-order valence-corrected chi connectivity index (χ2v) is 2.68. The molecule has 2 nitrogen and oxygen atoms in total. The van der Waals surface area contributed by atoms with Crippen LogP contribution in [0.4, 0.5) is 0 Å². The van der Waals surface area contributed by atoms with Crippen LogP contribution in [0, 0.1) is 0 Å². The fraction of sp³-hybridized carbons (Fsp3) is 0.889. The maximum absolute atomic E-state index is 10.9. The van der Waals surface area contributed by atoms with Crippen LogP contribution in [0.15, 0.2) is 0 Å². The Morgan fingerprint density at radius 2 is 1.75 bits per heavy atom. The van der Waals surface area contributed by atoms with Gasteiger partial charge in [0.1, 0.15) is 0 Å². The molecule has 0 aromatic carbocycles. The van der Waals surface area contributed by atoms with E-state index in [4.69, 9.17) is 4.74 Å². The molecule has 70 valence electrons. The van der Waals surface area contributed by atoms with Gasteiger partial charge in [0, 0.05) is 6.42 Å². The molecule has 3 heteroatoms. The molecule has 0 fully saturated rings. The molecule has 0 atom stereocenters. The molecule has 0 saturated heterocycles. The van der Waals surface area contributed by atoms with Gasteiger partial charge in [0.05, 0.1) is 6.61 Å². The van der Waals surface area contributed by atoms with Crippen molar-refractivity contribution in [3.63, 3.8) is 0 Å². The maximum atomic E-state index is 10.9. The molecule has 0 unspecified atom stereocenters. The first-order valence-corrected chi connectivity index (χ1v) is 4.46. The number of rotatable bonds is 6. The minimum absolute atomic E-state index is 0. The monoisotopic (exact) mass is 200 g/mol. The second-order valence-electron chi connectivity index (χ2n) is 2.68. The van der Waals surface area contributed by atoms with Gasteiger partial charge in [0.15, 0.2) is 0 Å². The molecule has 0 heterocycles. The first-order chi connectivity index (χ1) is 5.31. The average Bonchev–Trinajstić information content (AvgIpc) is 2.01. The Hall–Kier alpha value is 0.730. The molecule has 0 amide bonds. The fourth-order valence-electron chi connectivity index (χ4n) is 0.724. The van der Waals surface area contributed by atoms with E-state index < -0.39 is 0 Å². The summed E-state index contributed by atoms with van der Waals surface area (Å²) in [7, 11) is 0. The van der Waals surface area contributed by atoms with Crippen molar-refractivity contribution in [2.75, 3.05) is 6.61 Å². The number of unbranched alkanes of at least 4 members (excludes halogenated alkanes) is 2. The number of hydrogen-bond acceptors (Lipinski definition) is 2. The van der Waals surface area contributed by atoms with Crippen LogP contribution >= 0.6 is 0 Å². The summed E-state index contributed by atoms with van der Waals surface area (Å²) in [6.07, 6.45) is 4.66. The standard InChI is InChI=1S/C9H18O2.Ca.2H/c1-3-5-7-9(10)11-8-6-4-2;;;/h3-8H2,1-2H3;;;. The number of carbonyl (C=O) groups is 1. The molecule has 0 aromatic rings. The Balaban J connectivity index is 0. The van der Waals surface area contributed by atoms with Gasteiger partial charge in [0.25, 0.3) is 0 Å². The Labute approximate surface area is 105 Å². The van der Waals surface area contributed by atoms with E-state index in [0.29, 0.717) is 13.0 Å². The topological polar surface area (TPSA) is 26.3 Å². The van der Waals surface area contributed by atoms with E-state index in [1.807, 2.05) is 0 Å². The number of carbonyl (C=O) groups excluding carboxylic acids is 1. The van der Waals surface area contributed by atoms with Crippen LogP contribution in [0.1, 0.15) is 46.0 Å². The molecule has 0 radical (unpaired) electrons. The summed E-state index contributed by atoms with van der Waals surface area (Å²) < 4.78 is 4.95. The molecule has 0 aliphatic carbocycles. The van der Waals surface area contributed by atoms with Crippen molar-refractivity contribution in [3.05, 3.63) is 0 Å². The summed E-state index contributed by atoms with van der Waals surface area (Å²) in [5.41, 5.74) is 0. The third kappa shape index (κ3) is 10.7. The predicted molar refractivity (Wildman–Crippen MR) is 53.9 cm³/mol. The van der Waals surface area contributed by atoms with Gasteiger partial charge in [-0.25, -0.2) is 0 Å². The van der Waals surface area contributed by atoms with Crippen molar-refractivity contribution in [1.29, 1.82) is 0 Å². The summed E-state index contributed by atoms with van der Waals surface area (Å²) in [5.74, 6) is -0.0414. The first-order valence-electron chi connectivity index (χ1n) is 4.46. The molecule has 0 spiro atoms. The molecule has 0 bridgehead atoms. The Kier molecular flexibility index (Phi) is 14.9. The average molecular weight is 200 g/mol. The predicted octanol–water partition coefficient (Wildman–Crippen LogP) is 1.60. The Morgan fingerprint density at radius 1 is 1.17 bits per heavy atom. The number of esters is 1. The number of hydrogen-bond donors (Lipinski definition) is 0. The molecule has 0 aliphatic heterocycles. The van der Waals surface area contributed by atoms with Gasteiger partial charge in [-0.1, -0.05) is 26.7 Å². The van der Waals surface area contributed by atoms with E-state index in [1.54, 1.807) is 0 Å². The van der Waals surface area contributed by atoms with E-state index in [0.717, 1.165) is 25.7 Å². The molecular weight excluding hydrogens is 180 g/mol. The Bertz CT molecular complexity index is 105. The molecule has 0 rings (SSSR count). The zero-order valence-electron chi connectivity index (χ0n) is 7.56. The quantitative estimate of drug-likeness (QED) is 0.370. The van der Waals surface area contributed by atoms with Crippen molar-refractivity contribution in [3.8, 4) is 0 Å². The summed E-state index contributed by atoms with van der Waals surface area (Å²) in [6, 6.07) is 0. The van der Waals surface area contributed by atoms with Gasteiger partial charge in [-0.2, -0.15) is 0 Å². The molecular formula is C9H20CaO2. The minimum atomic E-state index is -0.0414. The fourth-order valence-corrected chi connectivity index (χ4v) is 0.724.